The first-order valence-corrected chi connectivity index (χ1v) is 5.82. The molecule has 1 aromatic rings. The van der Waals surface area contributed by atoms with E-state index in [4.69, 9.17) is 9.47 Å². The molecule has 0 bridgehead atoms. The molecule has 96 valence electrons. The van der Waals surface area contributed by atoms with E-state index in [1.807, 2.05) is 6.07 Å². The Kier molecular flexibility index (Phi) is 5.86. The molecule has 0 spiro atoms. The molecule has 17 heavy (non-hydrogen) atoms. The Morgan fingerprint density at radius 1 is 1.29 bits per heavy atom. The summed E-state index contributed by atoms with van der Waals surface area (Å²) in [5.41, 5.74) is 1.05. The molecule has 5 nitrogen and oxygen atoms in total. The van der Waals surface area contributed by atoms with Crippen LogP contribution in [0.4, 0.5) is 5.82 Å². The predicted molar refractivity (Wildman–Crippen MR) is 67.0 cm³/mol. The molecule has 1 heterocycles. The normalized spacial score (nSPS) is 12.8. The first-order valence-electron chi connectivity index (χ1n) is 5.82. The number of hydrogen-bond donors (Lipinski definition) is 1. The van der Waals surface area contributed by atoms with Gasteiger partial charge in [0, 0.05) is 26.0 Å². The zero-order chi connectivity index (χ0) is 12.7. The lowest BCUT2D eigenvalue weighted by atomic mass is 10.1. The second kappa shape index (κ2) is 7.19. The third-order valence-corrected chi connectivity index (χ3v) is 2.78. The average Bonchev–Trinajstić information content (AvgIpc) is 2.39. The van der Waals surface area contributed by atoms with Crippen molar-refractivity contribution in [3.05, 3.63) is 18.1 Å². The highest BCUT2D eigenvalue weighted by atomic mass is 16.7. The van der Waals surface area contributed by atoms with E-state index >= 15 is 0 Å². The Hall–Kier alpha value is -1.20. The Bertz CT molecular complexity index is 329. The van der Waals surface area contributed by atoms with Crippen molar-refractivity contribution in [2.45, 2.75) is 32.5 Å². The standard InChI is InChI=1S/C12H21N3O2/c1-5-9(2)10-6-11(15-8-14-10)13-7-12(16-3)17-4/h6,8-9,12H,5,7H2,1-4H3,(H,13,14,15). The molecule has 1 N–H and O–H groups in total. The summed E-state index contributed by atoms with van der Waals surface area (Å²) in [7, 11) is 3.22. The summed E-state index contributed by atoms with van der Waals surface area (Å²) >= 11 is 0. The first-order chi connectivity index (χ1) is 8.21. The summed E-state index contributed by atoms with van der Waals surface area (Å²) in [5, 5.41) is 3.16. The number of methoxy groups -OCH3 is 2. The molecule has 1 unspecified atom stereocenters. The van der Waals surface area contributed by atoms with Gasteiger partial charge in [-0.1, -0.05) is 13.8 Å². The monoisotopic (exact) mass is 239 g/mol. The number of ether oxygens (including phenoxy) is 2. The second-order valence-electron chi connectivity index (χ2n) is 3.92. The summed E-state index contributed by atoms with van der Waals surface area (Å²) in [6.07, 6.45) is 2.38. The Balaban J connectivity index is 2.59. The number of hydrogen-bond acceptors (Lipinski definition) is 5. The summed E-state index contributed by atoms with van der Waals surface area (Å²) < 4.78 is 10.2. The van der Waals surface area contributed by atoms with Crippen LogP contribution >= 0.6 is 0 Å². The van der Waals surface area contributed by atoms with Gasteiger partial charge >= 0.3 is 0 Å². The van der Waals surface area contributed by atoms with Crippen molar-refractivity contribution < 1.29 is 9.47 Å². The summed E-state index contributed by atoms with van der Waals surface area (Å²) in [4.78, 5) is 8.43. The van der Waals surface area contributed by atoms with Crippen LogP contribution in [0.25, 0.3) is 0 Å². The number of nitrogens with zero attached hydrogens (tertiary/aromatic N) is 2. The summed E-state index contributed by atoms with van der Waals surface area (Å²) in [6, 6.07) is 1.97. The van der Waals surface area contributed by atoms with Crippen molar-refractivity contribution >= 4 is 5.82 Å². The topological polar surface area (TPSA) is 56.3 Å². The molecule has 0 aliphatic carbocycles. The van der Waals surface area contributed by atoms with Crippen molar-refractivity contribution in [1.29, 1.82) is 0 Å². The minimum atomic E-state index is -0.267. The van der Waals surface area contributed by atoms with Crippen LogP contribution < -0.4 is 5.32 Å². The van der Waals surface area contributed by atoms with E-state index in [9.17, 15) is 0 Å². The van der Waals surface area contributed by atoms with Gasteiger partial charge in [-0.15, -0.1) is 0 Å². The quantitative estimate of drug-likeness (QED) is 0.738. The third-order valence-electron chi connectivity index (χ3n) is 2.78. The van der Waals surface area contributed by atoms with Gasteiger partial charge in [-0.3, -0.25) is 0 Å². The Morgan fingerprint density at radius 2 is 2.00 bits per heavy atom. The minimum Gasteiger partial charge on any atom is -0.365 e. The van der Waals surface area contributed by atoms with Crippen molar-refractivity contribution in [2.75, 3.05) is 26.1 Å². The maximum absolute atomic E-state index is 5.09. The van der Waals surface area contributed by atoms with Gasteiger partial charge in [0.15, 0.2) is 6.29 Å². The minimum absolute atomic E-state index is 0.267. The SMILES string of the molecule is CCC(C)c1cc(NCC(OC)OC)ncn1. The van der Waals surface area contributed by atoms with Gasteiger partial charge in [0.1, 0.15) is 12.1 Å². The fourth-order valence-electron chi connectivity index (χ4n) is 1.40. The van der Waals surface area contributed by atoms with Crippen molar-refractivity contribution in [3.63, 3.8) is 0 Å². The molecule has 0 fully saturated rings. The molecular formula is C12H21N3O2. The van der Waals surface area contributed by atoms with Crippen molar-refractivity contribution in [1.82, 2.24) is 9.97 Å². The molecule has 0 radical (unpaired) electrons. The third kappa shape index (κ3) is 4.28. The molecule has 0 saturated heterocycles. The zero-order valence-electron chi connectivity index (χ0n) is 10.9. The molecule has 0 aromatic carbocycles. The van der Waals surface area contributed by atoms with E-state index < -0.39 is 0 Å². The van der Waals surface area contributed by atoms with E-state index in [0.29, 0.717) is 12.5 Å². The van der Waals surface area contributed by atoms with Gasteiger partial charge in [0.25, 0.3) is 0 Å². The van der Waals surface area contributed by atoms with Crippen LogP contribution in [-0.4, -0.2) is 37.0 Å². The van der Waals surface area contributed by atoms with Crippen LogP contribution in [0.15, 0.2) is 12.4 Å². The lowest BCUT2D eigenvalue weighted by Crippen LogP contribution is -2.24. The van der Waals surface area contributed by atoms with Crippen LogP contribution in [0.1, 0.15) is 31.9 Å². The number of aromatic nitrogens is 2. The van der Waals surface area contributed by atoms with Gasteiger partial charge in [0.2, 0.25) is 0 Å². The van der Waals surface area contributed by atoms with Crippen molar-refractivity contribution in [2.24, 2.45) is 0 Å². The van der Waals surface area contributed by atoms with Gasteiger partial charge in [0.05, 0.1) is 6.54 Å². The lowest BCUT2D eigenvalue weighted by Gasteiger charge is -2.15. The van der Waals surface area contributed by atoms with Gasteiger partial charge < -0.3 is 14.8 Å². The molecule has 0 aliphatic rings. The molecular weight excluding hydrogens is 218 g/mol. The van der Waals surface area contributed by atoms with E-state index in [1.165, 1.54) is 0 Å². The molecule has 1 atom stereocenters. The van der Waals surface area contributed by atoms with E-state index in [0.717, 1.165) is 17.9 Å². The maximum Gasteiger partial charge on any atom is 0.173 e. The fourth-order valence-corrected chi connectivity index (χ4v) is 1.40. The number of nitrogens with one attached hydrogen (secondary N) is 1. The van der Waals surface area contributed by atoms with Crippen LogP contribution in [-0.2, 0) is 9.47 Å². The zero-order valence-corrected chi connectivity index (χ0v) is 10.9. The van der Waals surface area contributed by atoms with Crippen LogP contribution in [0.5, 0.6) is 0 Å². The maximum atomic E-state index is 5.09. The summed E-state index contributed by atoms with van der Waals surface area (Å²) in [6.45, 7) is 4.86. The smallest absolute Gasteiger partial charge is 0.173 e. The fraction of sp³-hybridized carbons (Fsp3) is 0.667. The lowest BCUT2D eigenvalue weighted by molar-refractivity contribution is -0.0914. The van der Waals surface area contributed by atoms with E-state index in [2.05, 4.69) is 29.1 Å². The highest BCUT2D eigenvalue weighted by Gasteiger charge is 2.08. The average molecular weight is 239 g/mol. The molecule has 1 aromatic heterocycles. The van der Waals surface area contributed by atoms with Crippen LogP contribution in [0.3, 0.4) is 0 Å². The van der Waals surface area contributed by atoms with E-state index in [1.54, 1.807) is 20.5 Å². The molecule has 5 heteroatoms. The van der Waals surface area contributed by atoms with Crippen LogP contribution in [0.2, 0.25) is 0 Å². The van der Waals surface area contributed by atoms with Gasteiger partial charge in [-0.05, 0) is 12.3 Å². The first kappa shape index (κ1) is 13.9. The van der Waals surface area contributed by atoms with Gasteiger partial charge in [-0.25, -0.2) is 9.97 Å². The van der Waals surface area contributed by atoms with E-state index in [-0.39, 0.29) is 6.29 Å². The summed E-state index contributed by atoms with van der Waals surface area (Å²) in [5.74, 6) is 1.24. The van der Waals surface area contributed by atoms with Gasteiger partial charge in [-0.2, -0.15) is 0 Å². The molecule has 0 saturated carbocycles. The van der Waals surface area contributed by atoms with Crippen LogP contribution in [0, 0.1) is 0 Å². The molecule has 0 amide bonds. The molecule has 1 rings (SSSR count). The second-order valence-corrected chi connectivity index (χ2v) is 3.92. The largest absolute Gasteiger partial charge is 0.365 e. The Labute approximate surface area is 103 Å². The predicted octanol–water partition coefficient (Wildman–Crippen LogP) is 2.02. The molecule has 0 aliphatic heterocycles. The Morgan fingerprint density at radius 3 is 2.59 bits per heavy atom. The highest BCUT2D eigenvalue weighted by molar-refractivity contribution is 5.35. The van der Waals surface area contributed by atoms with Crippen molar-refractivity contribution in [3.8, 4) is 0 Å². The number of anilines is 1. The highest BCUT2D eigenvalue weighted by Crippen LogP contribution is 2.17. The number of rotatable bonds is 7.